The van der Waals surface area contributed by atoms with Gasteiger partial charge in [-0.05, 0) is 55.0 Å². The fourth-order valence-corrected chi connectivity index (χ4v) is 4.26. The molecule has 0 spiro atoms. The summed E-state index contributed by atoms with van der Waals surface area (Å²) >= 11 is 0. The molecule has 0 unspecified atom stereocenters. The summed E-state index contributed by atoms with van der Waals surface area (Å²) in [5.74, 6) is -0.487. The standard InChI is InChI=1S/C31H23F3N6O3/c1-17-27(18-2-4-21(32)5-3-18)29(41)24(16-37-17)30(42)40-22-6-8-23(9-7-22)43-26-10-11-36-25-12-19(14-38-28(25)26)20(13-35)15-39-31(33)34/h2-16,31,35,39H,1H3,(H,37,41)(H,40,42)/b20-15+,35-13?. The van der Waals surface area contributed by atoms with Gasteiger partial charge in [-0.25, -0.2) is 4.39 Å². The zero-order valence-corrected chi connectivity index (χ0v) is 22.5. The minimum atomic E-state index is -2.77. The van der Waals surface area contributed by atoms with Crippen molar-refractivity contribution in [2.45, 2.75) is 13.5 Å². The number of hydrogen-bond donors (Lipinski definition) is 4. The summed E-state index contributed by atoms with van der Waals surface area (Å²) in [5.41, 5.74) is 3.15. The van der Waals surface area contributed by atoms with Gasteiger partial charge in [0.05, 0.1) is 5.52 Å². The molecule has 0 fully saturated rings. The smallest absolute Gasteiger partial charge is 0.312 e. The SMILES string of the molecule is Cc1ncc(C(=O)Nc2ccc(Oc3ccnc4cc(/C(C=N)=C/NC(F)F)cnc34)cc2)c(O)c1-c1ccc(F)cc1. The largest absolute Gasteiger partial charge is 0.506 e. The number of amides is 1. The number of carbonyl (C=O) groups is 1. The van der Waals surface area contributed by atoms with E-state index < -0.39 is 18.3 Å². The number of carbonyl (C=O) groups excluding carboxylic acids is 1. The van der Waals surface area contributed by atoms with Gasteiger partial charge in [0, 0.05) is 65.2 Å². The first kappa shape index (κ1) is 28.7. The minimum absolute atomic E-state index is 0.0510. The molecule has 0 atom stereocenters. The maximum atomic E-state index is 13.4. The van der Waals surface area contributed by atoms with Crippen LogP contribution in [-0.2, 0) is 0 Å². The molecule has 0 radical (unpaired) electrons. The molecular formula is C31H23F3N6O3. The van der Waals surface area contributed by atoms with Crippen LogP contribution >= 0.6 is 0 Å². The van der Waals surface area contributed by atoms with Crippen LogP contribution in [0.3, 0.4) is 0 Å². The second kappa shape index (κ2) is 12.4. The number of nitrogens with one attached hydrogen (secondary N) is 3. The summed E-state index contributed by atoms with van der Waals surface area (Å²) in [4.78, 5) is 25.9. The Balaban J connectivity index is 1.32. The van der Waals surface area contributed by atoms with Gasteiger partial charge in [-0.2, -0.15) is 8.78 Å². The molecule has 3 aromatic heterocycles. The Labute approximate surface area is 243 Å². The van der Waals surface area contributed by atoms with E-state index in [1.54, 1.807) is 43.3 Å². The summed E-state index contributed by atoms with van der Waals surface area (Å²) in [6, 6.07) is 15.2. The lowest BCUT2D eigenvalue weighted by molar-refractivity contribution is 0.102. The molecule has 0 aliphatic carbocycles. The molecule has 1 amide bonds. The molecule has 0 bridgehead atoms. The summed E-state index contributed by atoms with van der Waals surface area (Å²) in [6.45, 7) is -1.09. The number of hydrogen-bond acceptors (Lipinski definition) is 8. The minimum Gasteiger partial charge on any atom is -0.506 e. The molecule has 4 N–H and O–H groups in total. The first-order valence-electron chi connectivity index (χ1n) is 12.8. The van der Waals surface area contributed by atoms with Crippen LogP contribution in [0.4, 0.5) is 18.9 Å². The average molecular weight is 585 g/mol. The van der Waals surface area contributed by atoms with Crippen molar-refractivity contribution >= 4 is 34.4 Å². The number of aryl methyl sites for hydroxylation is 1. The van der Waals surface area contributed by atoms with Crippen LogP contribution in [0.1, 0.15) is 21.6 Å². The lowest BCUT2D eigenvalue weighted by Crippen LogP contribution is -2.13. The van der Waals surface area contributed by atoms with Gasteiger partial charge in [0.15, 0.2) is 5.75 Å². The lowest BCUT2D eigenvalue weighted by atomic mass is 10.0. The first-order valence-corrected chi connectivity index (χ1v) is 12.8. The van der Waals surface area contributed by atoms with E-state index in [0.29, 0.717) is 50.6 Å². The van der Waals surface area contributed by atoms with E-state index in [4.69, 9.17) is 10.1 Å². The van der Waals surface area contributed by atoms with Gasteiger partial charge in [-0.15, -0.1) is 0 Å². The van der Waals surface area contributed by atoms with E-state index in [1.165, 1.54) is 42.9 Å². The zero-order chi connectivity index (χ0) is 30.5. The molecule has 2 aromatic carbocycles. The van der Waals surface area contributed by atoms with Gasteiger partial charge in [0.25, 0.3) is 5.91 Å². The monoisotopic (exact) mass is 584 g/mol. The number of alkyl halides is 2. The number of ether oxygens (including phenoxy) is 1. The third-order valence-electron chi connectivity index (χ3n) is 6.35. The van der Waals surface area contributed by atoms with Crippen molar-refractivity contribution in [2.24, 2.45) is 0 Å². The Morgan fingerprint density at radius 2 is 1.77 bits per heavy atom. The molecule has 0 aliphatic heterocycles. The van der Waals surface area contributed by atoms with E-state index in [9.17, 15) is 23.1 Å². The summed E-state index contributed by atoms with van der Waals surface area (Å²) in [5, 5.41) is 23.0. The average Bonchev–Trinajstić information content (AvgIpc) is 2.99. The molecule has 12 heteroatoms. The fourth-order valence-electron chi connectivity index (χ4n) is 4.26. The summed E-state index contributed by atoms with van der Waals surface area (Å²) in [7, 11) is 0. The fraction of sp³-hybridized carbons (Fsp3) is 0.0645. The number of aromatic hydroxyl groups is 1. The van der Waals surface area contributed by atoms with Crippen LogP contribution in [0.25, 0.3) is 27.7 Å². The van der Waals surface area contributed by atoms with Gasteiger partial charge >= 0.3 is 6.55 Å². The highest BCUT2D eigenvalue weighted by Gasteiger charge is 2.19. The molecule has 5 rings (SSSR count). The second-order valence-electron chi connectivity index (χ2n) is 9.18. The number of aromatic nitrogens is 3. The Hall–Kier alpha value is -5.78. The van der Waals surface area contributed by atoms with Gasteiger partial charge in [-0.1, -0.05) is 12.1 Å². The molecule has 216 valence electrons. The van der Waals surface area contributed by atoms with Crippen LogP contribution in [0.2, 0.25) is 0 Å². The molecule has 9 nitrogen and oxygen atoms in total. The van der Waals surface area contributed by atoms with Crippen LogP contribution in [0.15, 0.2) is 85.5 Å². The highest BCUT2D eigenvalue weighted by Crippen LogP contribution is 2.35. The van der Waals surface area contributed by atoms with Crippen molar-refractivity contribution in [1.29, 1.82) is 5.41 Å². The van der Waals surface area contributed by atoms with E-state index >= 15 is 0 Å². The molecule has 0 aliphatic rings. The Morgan fingerprint density at radius 3 is 2.47 bits per heavy atom. The predicted molar refractivity (Wildman–Crippen MR) is 156 cm³/mol. The third kappa shape index (κ3) is 6.43. The molecular weight excluding hydrogens is 561 g/mol. The number of rotatable bonds is 9. The van der Waals surface area contributed by atoms with Crippen molar-refractivity contribution in [3.63, 3.8) is 0 Å². The number of fused-ring (bicyclic) bond motifs is 1. The zero-order valence-electron chi connectivity index (χ0n) is 22.5. The molecule has 3 heterocycles. The van der Waals surface area contributed by atoms with E-state index in [1.807, 2.05) is 5.32 Å². The highest BCUT2D eigenvalue weighted by atomic mass is 19.3. The molecule has 43 heavy (non-hydrogen) atoms. The number of nitrogens with zero attached hydrogens (tertiary/aromatic N) is 3. The van der Waals surface area contributed by atoms with Crippen LogP contribution < -0.4 is 15.4 Å². The van der Waals surface area contributed by atoms with E-state index in [0.717, 1.165) is 12.4 Å². The highest BCUT2D eigenvalue weighted by molar-refractivity contribution is 6.09. The Bertz CT molecular complexity index is 1850. The lowest BCUT2D eigenvalue weighted by Gasteiger charge is -2.13. The van der Waals surface area contributed by atoms with Crippen molar-refractivity contribution in [1.82, 2.24) is 20.3 Å². The van der Waals surface area contributed by atoms with Gasteiger partial charge in [0.1, 0.15) is 28.4 Å². The number of allylic oxidation sites excluding steroid dienone is 1. The summed E-state index contributed by atoms with van der Waals surface area (Å²) < 4.78 is 44.4. The summed E-state index contributed by atoms with van der Waals surface area (Å²) in [6.07, 6.45) is 6.16. The van der Waals surface area contributed by atoms with Crippen LogP contribution in [-0.4, -0.2) is 38.7 Å². The number of halogens is 3. The quantitative estimate of drug-likeness (QED) is 0.112. The first-order chi connectivity index (χ1) is 20.7. The predicted octanol–water partition coefficient (Wildman–Crippen LogP) is 6.69. The second-order valence-corrected chi connectivity index (χ2v) is 9.18. The topological polar surface area (TPSA) is 133 Å². The van der Waals surface area contributed by atoms with Crippen molar-refractivity contribution < 1.29 is 27.8 Å². The third-order valence-corrected chi connectivity index (χ3v) is 6.35. The van der Waals surface area contributed by atoms with E-state index in [2.05, 4.69) is 20.3 Å². The maximum absolute atomic E-state index is 13.4. The van der Waals surface area contributed by atoms with Crippen molar-refractivity contribution in [2.75, 3.05) is 5.32 Å². The van der Waals surface area contributed by atoms with Gasteiger partial charge in [0.2, 0.25) is 0 Å². The van der Waals surface area contributed by atoms with Gasteiger partial charge in [-0.3, -0.25) is 19.7 Å². The Kier molecular flexibility index (Phi) is 8.28. The van der Waals surface area contributed by atoms with Crippen LogP contribution in [0, 0.1) is 18.2 Å². The van der Waals surface area contributed by atoms with Crippen molar-refractivity contribution in [3.05, 3.63) is 108 Å². The number of pyridine rings is 3. The van der Waals surface area contributed by atoms with Crippen LogP contribution in [0.5, 0.6) is 17.2 Å². The molecule has 5 aromatic rings. The van der Waals surface area contributed by atoms with Crippen molar-refractivity contribution in [3.8, 4) is 28.4 Å². The van der Waals surface area contributed by atoms with E-state index in [-0.39, 0.29) is 16.9 Å². The number of benzene rings is 2. The molecule has 0 saturated heterocycles. The number of anilines is 1. The van der Waals surface area contributed by atoms with Gasteiger partial charge < -0.3 is 25.9 Å². The Morgan fingerprint density at radius 1 is 1.02 bits per heavy atom. The molecule has 0 saturated carbocycles. The maximum Gasteiger partial charge on any atom is 0.312 e. The normalized spacial score (nSPS) is 11.4.